The summed E-state index contributed by atoms with van der Waals surface area (Å²) in [5.41, 5.74) is 2.45. The third kappa shape index (κ3) is 1.70. The number of nitrogens with zero attached hydrogens (tertiary/aromatic N) is 1. The lowest BCUT2D eigenvalue weighted by Crippen LogP contribution is -2.35. The molecule has 0 fully saturated rings. The van der Waals surface area contributed by atoms with Crippen molar-refractivity contribution in [2.45, 2.75) is 13.5 Å². The number of carbonyl (C=O) groups excluding carboxylic acids is 2. The number of amides is 2. The van der Waals surface area contributed by atoms with Crippen LogP contribution in [0.5, 0.6) is 0 Å². The number of anilines is 1. The second-order valence-corrected chi connectivity index (χ2v) is 3.71. The summed E-state index contributed by atoms with van der Waals surface area (Å²) in [6.07, 6.45) is 0. The monoisotopic (exact) mass is 204 g/mol. The summed E-state index contributed by atoms with van der Waals surface area (Å²) in [5.74, 6) is 0.0392. The Kier molecular flexibility index (Phi) is 2.19. The van der Waals surface area contributed by atoms with Crippen molar-refractivity contribution in [1.82, 2.24) is 4.90 Å². The van der Waals surface area contributed by atoms with Crippen molar-refractivity contribution < 1.29 is 9.59 Å². The number of nitrogens with one attached hydrogen (secondary N) is 1. The Morgan fingerprint density at radius 2 is 2.20 bits per heavy atom. The minimum Gasteiger partial charge on any atom is -0.323 e. The van der Waals surface area contributed by atoms with Gasteiger partial charge in [-0.1, -0.05) is 0 Å². The van der Waals surface area contributed by atoms with Crippen LogP contribution in [0.1, 0.15) is 22.8 Å². The van der Waals surface area contributed by atoms with Crippen LogP contribution in [0.25, 0.3) is 0 Å². The van der Waals surface area contributed by atoms with Crippen LogP contribution in [0.3, 0.4) is 0 Å². The van der Waals surface area contributed by atoms with Gasteiger partial charge in [0.25, 0.3) is 0 Å². The van der Waals surface area contributed by atoms with E-state index in [1.165, 1.54) is 6.92 Å². The molecule has 0 radical (unpaired) electrons. The van der Waals surface area contributed by atoms with Gasteiger partial charge in [-0.05, 0) is 30.7 Å². The molecule has 1 aromatic carbocycles. The number of benzene rings is 1. The molecular formula is C11H12N2O2. The number of hydrogen-bond acceptors (Lipinski definition) is 2. The molecule has 0 aliphatic carbocycles. The van der Waals surface area contributed by atoms with E-state index in [9.17, 15) is 9.59 Å². The van der Waals surface area contributed by atoms with Gasteiger partial charge in [0.05, 0.1) is 0 Å². The topological polar surface area (TPSA) is 49.4 Å². The maximum absolute atomic E-state index is 11.3. The average Bonchev–Trinajstić information content (AvgIpc) is 2.19. The quantitative estimate of drug-likeness (QED) is 0.710. The van der Waals surface area contributed by atoms with Gasteiger partial charge < -0.3 is 10.2 Å². The van der Waals surface area contributed by atoms with E-state index in [4.69, 9.17) is 0 Å². The smallest absolute Gasteiger partial charge is 0.321 e. The second-order valence-electron chi connectivity index (χ2n) is 3.71. The van der Waals surface area contributed by atoms with E-state index in [0.29, 0.717) is 12.1 Å². The van der Waals surface area contributed by atoms with Gasteiger partial charge in [-0.3, -0.25) is 4.79 Å². The fourth-order valence-corrected chi connectivity index (χ4v) is 1.60. The van der Waals surface area contributed by atoms with Crippen LogP contribution >= 0.6 is 0 Å². The first-order valence-corrected chi connectivity index (χ1v) is 4.74. The minimum absolute atomic E-state index is 0.0392. The zero-order chi connectivity index (χ0) is 11.0. The van der Waals surface area contributed by atoms with E-state index in [1.807, 2.05) is 6.07 Å². The Balaban J connectivity index is 2.41. The summed E-state index contributed by atoms with van der Waals surface area (Å²) in [7, 11) is 1.72. The molecule has 0 aromatic heterocycles. The van der Waals surface area contributed by atoms with Crippen molar-refractivity contribution in [3.05, 3.63) is 29.3 Å². The van der Waals surface area contributed by atoms with Crippen molar-refractivity contribution in [3.8, 4) is 0 Å². The van der Waals surface area contributed by atoms with E-state index in [2.05, 4.69) is 5.32 Å². The van der Waals surface area contributed by atoms with Gasteiger partial charge in [0.1, 0.15) is 0 Å². The fraction of sp³-hybridized carbons (Fsp3) is 0.273. The Labute approximate surface area is 87.9 Å². The standard InChI is InChI=1S/C11H12N2O2/c1-7(14)8-3-4-10-9(5-8)6-13(2)11(15)12-10/h3-5H,6H2,1-2H3,(H,12,15). The molecule has 15 heavy (non-hydrogen) atoms. The molecule has 1 aliphatic heterocycles. The van der Waals surface area contributed by atoms with Crippen LogP contribution in [0.4, 0.5) is 10.5 Å². The molecule has 2 amide bonds. The molecule has 2 rings (SSSR count). The number of hydrogen-bond donors (Lipinski definition) is 1. The molecule has 0 spiro atoms. The number of carbonyl (C=O) groups is 2. The van der Waals surface area contributed by atoms with E-state index in [1.54, 1.807) is 24.1 Å². The molecule has 1 heterocycles. The third-order valence-electron chi connectivity index (χ3n) is 2.51. The average molecular weight is 204 g/mol. The minimum atomic E-state index is -0.113. The van der Waals surface area contributed by atoms with E-state index in [-0.39, 0.29) is 11.8 Å². The van der Waals surface area contributed by atoms with E-state index >= 15 is 0 Å². The Morgan fingerprint density at radius 1 is 1.47 bits per heavy atom. The number of urea groups is 1. The molecule has 0 atom stereocenters. The highest BCUT2D eigenvalue weighted by atomic mass is 16.2. The molecule has 4 heteroatoms. The first-order valence-electron chi connectivity index (χ1n) is 4.74. The van der Waals surface area contributed by atoms with Crippen LogP contribution in [0.15, 0.2) is 18.2 Å². The largest absolute Gasteiger partial charge is 0.323 e. The Morgan fingerprint density at radius 3 is 2.87 bits per heavy atom. The highest BCUT2D eigenvalue weighted by Crippen LogP contribution is 2.23. The van der Waals surface area contributed by atoms with Crippen molar-refractivity contribution in [2.75, 3.05) is 12.4 Å². The maximum atomic E-state index is 11.3. The fourth-order valence-electron chi connectivity index (χ4n) is 1.60. The first kappa shape index (κ1) is 9.71. The van der Waals surface area contributed by atoms with Gasteiger partial charge >= 0.3 is 6.03 Å². The predicted molar refractivity (Wildman–Crippen MR) is 56.9 cm³/mol. The van der Waals surface area contributed by atoms with Crippen molar-refractivity contribution in [3.63, 3.8) is 0 Å². The molecule has 78 valence electrons. The molecule has 0 saturated carbocycles. The molecule has 0 saturated heterocycles. The number of ketones is 1. The number of fused-ring (bicyclic) bond motifs is 1. The summed E-state index contributed by atoms with van der Waals surface area (Å²) in [5, 5.41) is 2.75. The summed E-state index contributed by atoms with van der Waals surface area (Å²) in [6.45, 7) is 2.08. The molecule has 1 aromatic rings. The van der Waals surface area contributed by atoms with Gasteiger partial charge in [0.2, 0.25) is 0 Å². The predicted octanol–water partition coefficient (Wildman–Crippen LogP) is 1.87. The Bertz CT molecular complexity index is 440. The van der Waals surface area contributed by atoms with E-state index in [0.717, 1.165) is 11.3 Å². The van der Waals surface area contributed by atoms with Gasteiger partial charge in [-0.2, -0.15) is 0 Å². The summed E-state index contributed by atoms with van der Waals surface area (Å²) >= 11 is 0. The van der Waals surface area contributed by atoms with E-state index < -0.39 is 0 Å². The second kappa shape index (κ2) is 3.38. The highest BCUT2D eigenvalue weighted by molar-refractivity contribution is 5.97. The lowest BCUT2D eigenvalue weighted by atomic mass is 10.0. The van der Waals surface area contributed by atoms with Gasteiger partial charge in [0.15, 0.2) is 5.78 Å². The Hall–Kier alpha value is -1.84. The lowest BCUT2D eigenvalue weighted by molar-refractivity contribution is 0.101. The van der Waals surface area contributed by atoms with Crippen LogP contribution in [-0.2, 0) is 6.54 Å². The van der Waals surface area contributed by atoms with Crippen LogP contribution < -0.4 is 5.32 Å². The van der Waals surface area contributed by atoms with Gasteiger partial charge in [0, 0.05) is 24.8 Å². The van der Waals surface area contributed by atoms with Gasteiger partial charge in [-0.25, -0.2) is 4.79 Å². The highest BCUT2D eigenvalue weighted by Gasteiger charge is 2.19. The molecule has 1 N–H and O–H groups in total. The summed E-state index contributed by atoms with van der Waals surface area (Å²) in [4.78, 5) is 24.1. The van der Waals surface area contributed by atoms with Crippen molar-refractivity contribution >= 4 is 17.5 Å². The first-order chi connectivity index (χ1) is 7.08. The SMILES string of the molecule is CC(=O)c1ccc2c(c1)CN(C)C(=O)N2. The molecule has 1 aliphatic rings. The molecule has 0 bridgehead atoms. The van der Waals surface area contributed by atoms with Gasteiger partial charge in [-0.15, -0.1) is 0 Å². The lowest BCUT2D eigenvalue weighted by Gasteiger charge is -2.26. The van der Waals surface area contributed by atoms with Crippen molar-refractivity contribution in [1.29, 1.82) is 0 Å². The summed E-state index contributed by atoms with van der Waals surface area (Å²) < 4.78 is 0. The number of rotatable bonds is 1. The molecular weight excluding hydrogens is 192 g/mol. The number of Topliss-reactive ketones (excluding diaryl/α,β-unsaturated/α-hetero) is 1. The third-order valence-corrected chi connectivity index (χ3v) is 2.51. The van der Waals surface area contributed by atoms with Crippen LogP contribution in [0.2, 0.25) is 0 Å². The van der Waals surface area contributed by atoms with Crippen LogP contribution in [0, 0.1) is 0 Å². The maximum Gasteiger partial charge on any atom is 0.321 e. The normalized spacial score (nSPS) is 14.5. The van der Waals surface area contributed by atoms with Crippen molar-refractivity contribution in [2.24, 2.45) is 0 Å². The molecule has 0 unspecified atom stereocenters. The zero-order valence-electron chi connectivity index (χ0n) is 8.70. The molecule has 4 nitrogen and oxygen atoms in total. The zero-order valence-corrected chi connectivity index (χ0v) is 8.70. The summed E-state index contributed by atoms with van der Waals surface area (Å²) in [6, 6.07) is 5.22. The van der Waals surface area contributed by atoms with Crippen LogP contribution in [-0.4, -0.2) is 23.8 Å².